The van der Waals surface area contributed by atoms with Crippen molar-refractivity contribution in [1.29, 1.82) is 0 Å². The van der Waals surface area contributed by atoms with Crippen LogP contribution in [-0.4, -0.2) is 12.6 Å². The first-order valence-electron chi connectivity index (χ1n) is 2.46. The Bertz CT molecular complexity index is 70.8. The van der Waals surface area contributed by atoms with Gasteiger partial charge in [-0.1, -0.05) is 6.47 Å². The van der Waals surface area contributed by atoms with E-state index < -0.39 is 0 Å². The molecular weight excluding hydrogens is 183 g/mol. The second kappa shape index (κ2) is 4.25. The molecule has 0 aromatic carbocycles. The maximum atomic E-state index is 9.46. The summed E-state index contributed by atoms with van der Waals surface area (Å²) in [5.74, 6) is 0. The first-order chi connectivity index (χ1) is 3.43. The fourth-order valence-corrected chi connectivity index (χ4v) is 0.557. The van der Waals surface area contributed by atoms with Crippen molar-refractivity contribution < 1.29 is 35.7 Å². The fourth-order valence-electron chi connectivity index (χ4n) is 0.557. The monoisotopic (exact) mass is 189 g/mol. The first-order valence-corrected chi connectivity index (χ1v) is 2.46. The number of hydrogen-bond acceptors (Lipinski definition) is 2. The Labute approximate surface area is 67.7 Å². The molecule has 0 radical (unpaired) electrons. The van der Waals surface area contributed by atoms with Crippen molar-refractivity contribution in [2.45, 2.75) is 25.4 Å². The average Bonchev–Trinajstić information content (AvgIpc) is 1.55. The van der Waals surface area contributed by atoms with Crippen molar-refractivity contribution in [1.82, 2.24) is 0 Å². The van der Waals surface area contributed by atoms with Gasteiger partial charge in [0.1, 0.15) is 0 Å². The topological polar surface area (TPSA) is 26.3 Å². The molecule has 1 rings (SSSR count). The molecule has 2 nitrogen and oxygen atoms in total. The zero-order valence-electron chi connectivity index (χ0n) is 4.52. The zero-order chi connectivity index (χ0) is 5.11. The van der Waals surface area contributed by atoms with Crippen LogP contribution in [0.4, 0.5) is 0 Å². The zero-order valence-corrected chi connectivity index (χ0v) is 6.97. The molecule has 0 spiro atoms. The molecule has 8 heavy (non-hydrogen) atoms. The summed E-state index contributed by atoms with van der Waals surface area (Å²) in [6, 6.07) is 0. The largest absolute Gasteiger partial charge is 0.651 e. The third-order valence-electron chi connectivity index (χ3n) is 1.27. The van der Waals surface area contributed by atoms with E-state index in [0.717, 1.165) is 12.8 Å². The maximum Gasteiger partial charge on any atom is 0.0596 e. The Morgan fingerprint density at radius 2 is 2.12 bits per heavy atom. The van der Waals surface area contributed by atoms with Crippen LogP contribution in [0.5, 0.6) is 0 Å². The first kappa shape index (κ1) is 8.35. The van der Waals surface area contributed by atoms with Crippen molar-refractivity contribution >= 4 is 6.47 Å². The van der Waals surface area contributed by atoms with Gasteiger partial charge >= 0.3 is 0 Å². The molecule has 0 amide bonds. The van der Waals surface area contributed by atoms with E-state index in [1.54, 1.807) is 0 Å². The number of hydrogen-bond donors (Lipinski definition) is 0. The van der Waals surface area contributed by atoms with Crippen molar-refractivity contribution in [2.75, 3.05) is 0 Å². The summed E-state index contributed by atoms with van der Waals surface area (Å²) in [6.07, 6.45) is 3.48. The predicted octanol–water partition coefficient (Wildman–Crippen LogP) is 0.620. The van der Waals surface area contributed by atoms with E-state index in [0.29, 0.717) is 0 Å². The molecule has 0 unspecified atom stereocenters. The molecule has 0 N–H and O–H groups in total. The molecule has 1 aliphatic carbocycles. The van der Waals surface area contributed by atoms with Crippen LogP contribution < -0.4 is 0 Å². The Hall–Kier alpha value is 0.353. The van der Waals surface area contributed by atoms with Crippen LogP contribution in [0.1, 0.15) is 19.3 Å². The Morgan fingerprint density at radius 3 is 2.25 bits per heavy atom. The van der Waals surface area contributed by atoms with Crippen LogP contribution in [-0.2, 0) is 35.7 Å². The molecule has 0 saturated heterocycles. The minimum absolute atomic E-state index is 0. The normalized spacial score (nSPS) is 18.0. The van der Waals surface area contributed by atoms with Gasteiger partial charge in [-0.2, -0.15) is 0 Å². The summed E-state index contributed by atoms with van der Waals surface area (Å²) in [5.41, 5.74) is 0. The quantitative estimate of drug-likeness (QED) is 0.597. The van der Waals surface area contributed by atoms with Gasteiger partial charge in [0.05, 0.1) is 6.10 Å². The molecule has 0 aromatic heterocycles. The van der Waals surface area contributed by atoms with Gasteiger partial charge in [0.2, 0.25) is 0 Å². The van der Waals surface area contributed by atoms with Gasteiger partial charge < -0.3 is 9.53 Å². The fraction of sp³-hybridized carbons (Fsp3) is 0.800. The molecule has 0 atom stereocenters. The van der Waals surface area contributed by atoms with Crippen molar-refractivity contribution in [3.8, 4) is 0 Å². The van der Waals surface area contributed by atoms with Crippen LogP contribution >= 0.6 is 0 Å². The van der Waals surface area contributed by atoms with E-state index in [1.165, 1.54) is 12.9 Å². The predicted molar refractivity (Wildman–Crippen MR) is 24.4 cm³/mol. The molecule has 1 fully saturated rings. The minimum Gasteiger partial charge on any atom is -0.651 e. The van der Waals surface area contributed by atoms with Crippen LogP contribution in [0.2, 0.25) is 0 Å². The van der Waals surface area contributed by atoms with Crippen molar-refractivity contribution in [3.63, 3.8) is 0 Å². The number of rotatable bonds is 2. The molecule has 3 heteroatoms. The van der Waals surface area contributed by atoms with Crippen LogP contribution in [0.15, 0.2) is 0 Å². The third-order valence-corrected chi connectivity index (χ3v) is 1.27. The Kier molecular flexibility index (Phi) is 4.44. The van der Waals surface area contributed by atoms with Gasteiger partial charge in [0.15, 0.2) is 0 Å². The summed E-state index contributed by atoms with van der Waals surface area (Å²) in [4.78, 5) is 9.46. The second-order valence-electron chi connectivity index (χ2n) is 1.75. The molecule has 0 bridgehead atoms. The number of carbonyl (C=O) groups excluding carboxylic acids is 1. The van der Waals surface area contributed by atoms with Gasteiger partial charge in [0.25, 0.3) is 0 Å². The SMILES string of the molecule is O=[C-]OC1CCC1.[Zr]. The van der Waals surface area contributed by atoms with Crippen LogP contribution in [0, 0.1) is 0 Å². The van der Waals surface area contributed by atoms with Crippen molar-refractivity contribution in [2.24, 2.45) is 0 Å². The van der Waals surface area contributed by atoms with Gasteiger partial charge in [-0.3, -0.25) is 0 Å². The molecule has 1 aliphatic rings. The van der Waals surface area contributed by atoms with Gasteiger partial charge in [-0.15, -0.1) is 0 Å². The second-order valence-corrected chi connectivity index (χ2v) is 1.75. The summed E-state index contributed by atoms with van der Waals surface area (Å²) in [6.45, 7) is 1.42. The summed E-state index contributed by atoms with van der Waals surface area (Å²) in [7, 11) is 0. The van der Waals surface area contributed by atoms with Crippen LogP contribution in [0.25, 0.3) is 0 Å². The minimum atomic E-state index is 0. The smallest absolute Gasteiger partial charge is 0.0596 e. The molecule has 0 aromatic rings. The van der Waals surface area contributed by atoms with Crippen LogP contribution in [0.3, 0.4) is 0 Å². The third kappa shape index (κ3) is 2.08. The molecular formula is C5H7O2Zr-. The van der Waals surface area contributed by atoms with Gasteiger partial charge in [-0.25, -0.2) is 0 Å². The van der Waals surface area contributed by atoms with Gasteiger partial charge in [-0.05, 0) is 19.3 Å². The Morgan fingerprint density at radius 1 is 1.50 bits per heavy atom. The van der Waals surface area contributed by atoms with E-state index >= 15 is 0 Å². The van der Waals surface area contributed by atoms with E-state index in [2.05, 4.69) is 4.74 Å². The summed E-state index contributed by atoms with van der Waals surface area (Å²) in [5, 5.41) is 0. The Balaban J connectivity index is 0.000000490. The standard InChI is InChI=1S/C5H7O2.Zr/c6-4-7-5-2-1-3-5;/h5H,1-3H2;/q-1;. The van der Waals surface area contributed by atoms with E-state index in [4.69, 9.17) is 0 Å². The maximum absolute atomic E-state index is 9.46. The molecule has 0 heterocycles. The van der Waals surface area contributed by atoms with Crippen molar-refractivity contribution in [3.05, 3.63) is 0 Å². The summed E-state index contributed by atoms with van der Waals surface area (Å²) < 4.78 is 4.47. The summed E-state index contributed by atoms with van der Waals surface area (Å²) >= 11 is 0. The number of ether oxygens (including phenoxy) is 1. The van der Waals surface area contributed by atoms with Gasteiger partial charge in [0, 0.05) is 26.2 Å². The van der Waals surface area contributed by atoms with E-state index in [9.17, 15) is 4.79 Å². The molecule has 44 valence electrons. The van der Waals surface area contributed by atoms with E-state index in [1.807, 2.05) is 0 Å². The van der Waals surface area contributed by atoms with E-state index in [-0.39, 0.29) is 32.3 Å². The molecule has 0 aliphatic heterocycles. The molecule has 1 saturated carbocycles. The average molecular weight is 190 g/mol.